The summed E-state index contributed by atoms with van der Waals surface area (Å²) >= 11 is 1.85. The van der Waals surface area contributed by atoms with E-state index in [1.54, 1.807) is 0 Å². The van der Waals surface area contributed by atoms with Crippen molar-refractivity contribution in [3.8, 4) is 11.5 Å². The Morgan fingerprint density at radius 1 is 0.440 bits per heavy atom. The molecule has 0 aliphatic heterocycles. The Hall–Kier alpha value is -6.43. The number of thiophene rings is 1. The molecule has 4 nitrogen and oxygen atoms in total. The van der Waals surface area contributed by atoms with Gasteiger partial charge in [0.1, 0.15) is 16.7 Å². The summed E-state index contributed by atoms with van der Waals surface area (Å²) < 4.78 is 15.5. The molecule has 0 saturated carbocycles. The lowest BCUT2D eigenvalue weighted by Crippen LogP contribution is -2.09. The molecule has 0 N–H and O–H groups in total. The van der Waals surface area contributed by atoms with E-state index in [9.17, 15) is 0 Å². The number of hydrogen-bond acceptors (Lipinski definition) is 5. The molecule has 0 saturated heterocycles. The molecule has 0 aliphatic rings. The molecule has 50 heavy (non-hydrogen) atoms. The van der Waals surface area contributed by atoms with Gasteiger partial charge in [-0.25, -0.2) is 4.98 Å². The van der Waals surface area contributed by atoms with Crippen molar-refractivity contribution >= 4 is 103 Å². The lowest BCUT2D eigenvalue weighted by Gasteiger charge is -2.25. The predicted octanol–water partition coefficient (Wildman–Crippen LogP) is 13.5. The normalized spacial score (nSPS) is 12.0. The number of hydrogen-bond donors (Lipinski definition) is 0. The molecule has 234 valence electrons. The minimum Gasteiger partial charge on any atom is -0.456 e. The first-order chi connectivity index (χ1) is 24.7. The van der Waals surface area contributed by atoms with Gasteiger partial charge >= 0.3 is 0 Å². The van der Waals surface area contributed by atoms with E-state index in [1.807, 2.05) is 41.7 Å². The van der Waals surface area contributed by atoms with E-state index in [-0.39, 0.29) is 0 Å². The number of fused-ring (bicyclic) bond motifs is 10. The Kier molecular flexibility index (Phi) is 5.80. The number of rotatable bonds is 4. The van der Waals surface area contributed by atoms with Crippen LogP contribution >= 0.6 is 11.3 Å². The van der Waals surface area contributed by atoms with Crippen LogP contribution < -0.4 is 4.90 Å². The molecule has 0 amide bonds. The van der Waals surface area contributed by atoms with Gasteiger partial charge in [-0.15, -0.1) is 11.3 Å². The van der Waals surface area contributed by atoms with E-state index >= 15 is 0 Å². The first-order valence-electron chi connectivity index (χ1n) is 16.7. The van der Waals surface area contributed by atoms with Crippen molar-refractivity contribution in [2.24, 2.45) is 0 Å². The van der Waals surface area contributed by atoms with E-state index in [2.05, 4.69) is 132 Å². The van der Waals surface area contributed by atoms with Crippen LogP contribution in [-0.2, 0) is 0 Å². The summed E-state index contributed by atoms with van der Waals surface area (Å²) in [7, 11) is 0. The second kappa shape index (κ2) is 10.5. The van der Waals surface area contributed by atoms with Crippen molar-refractivity contribution in [2.45, 2.75) is 0 Å². The van der Waals surface area contributed by atoms with Crippen molar-refractivity contribution in [1.29, 1.82) is 0 Å². The molecule has 0 unspecified atom stereocenters. The van der Waals surface area contributed by atoms with Crippen LogP contribution in [0.5, 0.6) is 0 Å². The van der Waals surface area contributed by atoms with Gasteiger partial charge in [0.05, 0.1) is 0 Å². The third-order valence-electron chi connectivity index (χ3n) is 9.85. The molecule has 0 bridgehead atoms. The van der Waals surface area contributed by atoms with Crippen LogP contribution in [0.25, 0.3) is 86.2 Å². The Bertz CT molecular complexity index is 3120. The minimum atomic E-state index is 0.587. The van der Waals surface area contributed by atoms with Gasteiger partial charge in [-0.2, -0.15) is 0 Å². The molecular weight excluding hydrogens is 633 g/mol. The van der Waals surface area contributed by atoms with Crippen LogP contribution in [0.2, 0.25) is 0 Å². The molecular formula is C45H26N2O2S. The molecule has 8 aromatic carbocycles. The van der Waals surface area contributed by atoms with Gasteiger partial charge in [0.2, 0.25) is 5.89 Å². The lowest BCUT2D eigenvalue weighted by atomic mass is 10.0. The fourth-order valence-corrected chi connectivity index (χ4v) is 8.69. The van der Waals surface area contributed by atoms with Crippen LogP contribution in [0.1, 0.15) is 0 Å². The number of benzene rings is 8. The van der Waals surface area contributed by atoms with Crippen molar-refractivity contribution in [3.05, 3.63) is 158 Å². The summed E-state index contributed by atoms with van der Waals surface area (Å²) in [6.45, 7) is 0. The maximum atomic E-state index is 6.58. The van der Waals surface area contributed by atoms with Crippen molar-refractivity contribution in [1.82, 2.24) is 4.98 Å². The summed E-state index contributed by atoms with van der Waals surface area (Å²) in [5.74, 6) is 0.587. The molecule has 11 rings (SSSR count). The zero-order chi connectivity index (χ0) is 32.8. The second-order valence-electron chi connectivity index (χ2n) is 12.8. The fourth-order valence-electron chi connectivity index (χ4n) is 7.52. The zero-order valence-electron chi connectivity index (χ0n) is 26.6. The quantitative estimate of drug-likeness (QED) is 0.189. The maximum absolute atomic E-state index is 6.58. The molecule has 3 aromatic heterocycles. The van der Waals surface area contributed by atoms with E-state index in [0.29, 0.717) is 5.89 Å². The van der Waals surface area contributed by atoms with Gasteiger partial charge in [-0.3, -0.25) is 0 Å². The number of anilines is 3. The van der Waals surface area contributed by atoms with Crippen LogP contribution in [-0.4, -0.2) is 4.98 Å². The highest BCUT2D eigenvalue weighted by Crippen LogP contribution is 2.44. The predicted molar refractivity (Wildman–Crippen MR) is 209 cm³/mol. The van der Waals surface area contributed by atoms with Crippen LogP contribution in [0.4, 0.5) is 17.1 Å². The molecule has 0 spiro atoms. The zero-order valence-corrected chi connectivity index (χ0v) is 27.4. The molecule has 0 fully saturated rings. The number of para-hydroxylation sites is 1. The number of oxazole rings is 1. The van der Waals surface area contributed by atoms with Crippen molar-refractivity contribution < 1.29 is 8.83 Å². The SMILES string of the molecule is c1ccc(N(c2ccc3c(c2)oc2cccc(-c4nc5c(ccc6ccccc65)o4)c23)c2ccc3c(c2)sc2cc4ccccc4cc23)cc1. The third-order valence-corrected chi connectivity index (χ3v) is 11.0. The molecule has 5 heteroatoms. The van der Waals surface area contributed by atoms with Gasteiger partial charge < -0.3 is 13.7 Å². The van der Waals surface area contributed by atoms with E-state index in [0.717, 1.165) is 66.4 Å². The van der Waals surface area contributed by atoms with Gasteiger partial charge in [0.15, 0.2) is 5.58 Å². The van der Waals surface area contributed by atoms with Gasteiger partial charge in [0.25, 0.3) is 0 Å². The Labute approximate surface area is 290 Å². The molecule has 3 heterocycles. The Balaban J connectivity index is 1.07. The standard InChI is InChI=1S/C45H26N2O2S/c1-2-12-30(13-3-1)47(32-18-20-34-37-23-28-10-4-5-11-29(28)24-41(37)50-42(34)26-32)31-19-21-35-40(25-31)48-38-16-8-15-36(43(35)38)45-46-44-33-14-7-6-9-27(33)17-22-39(44)49-45/h1-26H. The summed E-state index contributed by atoms with van der Waals surface area (Å²) in [5.41, 5.74) is 7.35. The third kappa shape index (κ3) is 4.14. The highest BCUT2D eigenvalue weighted by molar-refractivity contribution is 7.25. The van der Waals surface area contributed by atoms with Gasteiger partial charge in [-0.05, 0) is 82.9 Å². The summed E-state index contributed by atoms with van der Waals surface area (Å²) in [6, 6.07) is 55.5. The molecule has 0 aliphatic carbocycles. The highest BCUT2D eigenvalue weighted by Gasteiger charge is 2.20. The number of furan rings is 1. The number of nitrogens with zero attached hydrogens (tertiary/aromatic N) is 2. The van der Waals surface area contributed by atoms with Crippen LogP contribution in [0, 0.1) is 0 Å². The Morgan fingerprint density at radius 2 is 1.18 bits per heavy atom. The second-order valence-corrected chi connectivity index (χ2v) is 13.8. The monoisotopic (exact) mass is 658 g/mol. The first kappa shape index (κ1) is 27.5. The molecule has 0 radical (unpaired) electrons. The largest absolute Gasteiger partial charge is 0.456 e. The molecule has 0 atom stereocenters. The van der Waals surface area contributed by atoms with Crippen molar-refractivity contribution in [2.75, 3.05) is 4.90 Å². The average molecular weight is 659 g/mol. The number of aromatic nitrogens is 1. The highest BCUT2D eigenvalue weighted by atomic mass is 32.1. The smallest absolute Gasteiger partial charge is 0.228 e. The minimum absolute atomic E-state index is 0.587. The summed E-state index contributed by atoms with van der Waals surface area (Å²) in [4.78, 5) is 7.32. The lowest BCUT2D eigenvalue weighted by molar-refractivity contribution is 0.620. The summed E-state index contributed by atoms with van der Waals surface area (Å²) in [5, 5.41) is 9.35. The van der Waals surface area contributed by atoms with Crippen LogP contribution in [0.15, 0.2) is 167 Å². The molecule has 11 aromatic rings. The topological polar surface area (TPSA) is 42.4 Å². The van der Waals surface area contributed by atoms with E-state index in [4.69, 9.17) is 13.8 Å². The van der Waals surface area contributed by atoms with Gasteiger partial charge in [0, 0.05) is 65.0 Å². The van der Waals surface area contributed by atoms with E-state index in [1.165, 1.54) is 30.9 Å². The first-order valence-corrected chi connectivity index (χ1v) is 17.5. The summed E-state index contributed by atoms with van der Waals surface area (Å²) in [6.07, 6.45) is 0. The fraction of sp³-hybridized carbons (Fsp3) is 0. The maximum Gasteiger partial charge on any atom is 0.228 e. The van der Waals surface area contributed by atoms with Gasteiger partial charge in [-0.1, -0.05) is 84.9 Å². The van der Waals surface area contributed by atoms with E-state index < -0.39 is 0 Å². The van der Waals surface area contributed by atoms with Crippen molar-refractivity contribution in [3.63, 3.8) is 0 Å². The average Bonchev–Trinajstić information content (AvgIpc) is 3.87. The Morgan fingerprint density at radius 3 is 2.06 bits per heavy atom. The van der Waals surface area contributed by atoms with Crippen LogP contribution in [0.3, 0.4) is 0 Å².